The van der Waals surface area contributed by atoms with E-state index in [4.69, 9.17) is 5.11 Å². The summed E-state index contributed by atoms with van der Waals surface area (Å²) in [6.45, 7) is 1.81. The van der Waals surface area contributed by atoms with Crippen molar-refractivity contribution in [3.05, 3.63) is 47.8 Å². The van der Waals surface area contributed by atoms with E-state index in [9.17, 15) is 10.2 Å². The Hall–Kier alpha value is -1.34. The van der Waals surface area contributed by atoms with E-state index in [1.54, 1.807) is 30.5 Å². The molecule has 0 bridgehead atoms. The first kappa shape index (κ1) is 17.0. The zero-order valence-corrected chi connectivity index (χ0v) is 13.6. The number of aliphatic hydroxyl groups is 3. The lowest BCUT2D eigenvalue weighted by Gasteiger charge is -2.24. The highest BCUT2D eigenvalue weighted by Gasteiger charge is 2.24. The number of benzene rings is 1. The van der Waals surface area contributed by atoms with Gasteiger partial charge in [-0.3, -0.25) is 0 Å². The van der Waals surface area contributed by atoms with Crippen LogP contribution in [0.4, 0.5) is 0 Å². The van der Waals surface area contributed by atoms with Crippen molar-refractivity contribution in [3.63, 3.8) is 0 Å². The van der Waals surface area contributed by atoms with E-state index < -0.39 is 12.2 Å². The van der Waals surface area contributed by atoms with Crippen LogP contribution in [0.5, 0.6) is 0 Å². The Morgan fingerprint density at radius 1 is 1.23 bits per heavy atom. The van der Waals surface area contributed by atoms with Gasteiger partial charge >= 0.3 is 0 Å². The highest BCUT2D eigenvalue weighted by atomic mass is 32.2. The van der Waals surface area contributed by atoms with Gasteiger partial charge < -0.3 is 19.9 Å². The molecular weight excluding hydrogens is 300 g/mol. The number of rotatable bonds is 7. The van der Waals surface area contributed by atoms with E-state index in [2.05, 4.69) is 4.98 Å². The van der Waals surface area contributed by atoms with E-state index >= 15 is 0 Å². The SMILES string of the molecule is CC(C(O)CSc1nccn1C)C(O)c1ccc(CO)cc1. The Bertz CT molecular complexity index is 585. The summed E-state index contributed by atoms with van der Waals surface area (Å²) in [5, 5.41) is 30.5. The normalized spacial score (nSPS) is 15.5. The predicted octanol–water partition coefficient (Wildman–Crippen LogP) is 1.74. The molecule has 22 heavy (non-hydrogen) atoms. The predicted molar refractivity (Wildman–Crippen MR) is 86.4 cm³/mol. The smallest absolute Gasteiger partial charge is 0.167 e. The summed E-state index contributed by atoms with van der Waals surface area (Å²) in [6.07, 6.45) is 2.18. The second kappa shape index (κ2) is 7.78. The minimum absolute atomic E-state index is 0.0190. The topological polar surface area (TPSA) is 78.5 Å². The lowest BCUT2D eigenvalue weighted by atomic mass is 9.93. The van der Waals surface area contributed by atoms with Crippen molar-refractivity contribution in [2.45, 2.75) is 30.9 Å². The Kier molecular flexibility index (Phi) is 6.02. The molecular formula is C16H22N2O3S. The van der Waals surface area contributed by atoms with Gasteiger partial charge in [0.25, 0.3) is 0 Å². The van der Waals surface area contributed by atoms with Crippen molar-refractivity contribution in [1.29, 1.82) is 0 Å². The fourth-order valence-corrected chi connectivity index (χ4v) is 3.16. The monoisotopic (exact) mass is 322 g/mol. The summed E-state index contributed by atoms with van der Waals surface area (Å²) >= 11 is 1.47. The molecule has 0 aliphatic carbocycles. The molecule has 0 saturated carbocycles. The number of hydrogen-bond acceptors (Lipinski definition) is 5. The van der Waals surface area contributed by atoms with Crippen molar-refractivity contribution in [2.24, 2.45) is 13.0 Å². The summed E-state index contributed by atoms with van der Waals surface area (Å²) in [4.78, 5) is 4.20. The summed E-state index contributed by atoms with van der Waals surface area (Å²) in [7, 11) is 1.91. The van der Waals surface area contributed by atoms with Crippen LogP contribution in [0, 0.1) is 5.92 Å². The molecule has 2 aromatic rings. The standard InChI is InChI=1S/C16H22N2O3S/c1-11(14(20)10-22-16-17-7-8-18(16)2)15(21)13-5-3-12(9-19)4-6-13/h3-8,11,14-15,19-21H,9-10H2,1-2H3. The molecule has 120 valence electrons. The number of hydrogen-bond donors (Lipinski definition) is 3. The molecule has 6 heteroatoms. The summed E-state index contributed by atoms with van der Waals surface area (Å²) < 4.78 is 1.89. The van der Waals surface area contributed by atoms with Crippen LogP contribution in [0.15, 0.2) is 41.8 Å². The van der Waals surface area contributed by atoms with Crippen molar-refractivity contribution < 1.29 is 15.3 Å². The number of imidazole rings is 1. The zero-order valence-electron chi connectivity index (χ0n) is 12.8. The summed E-state index contributed by atoms with van der Waals surface area (Å²) in [5.41, 5.74) is 1.54. The Morgan fingerprint density at radius 2 is 1.91 bits per heavy atom. The van der Waals surface area contributed by atoms with Crippen LogP contribution in [-0.4, -0.2) is 36.7 Å². The highest BCUT2D eigenvalue weighted by Crippen LogP contribution is 2.27. The molecule has 0 saturated heterocycles. The molecule has 0 radical (unpaired) electrons. The summed E-state index contributed by atoms with van der Waals surface area (Å²) in [5.74, 6) is 0.172. The van der Waals surface area contributed by atoms with Gasteiger partial charge in [0.1, 0.15) is 0 Å². The number of aromatic nitrogens is 2. The van der Waals surface area contributed by atoms with E-state index in [0.717, 1.165) is 16.3 Å². The van der Waals surface area contributed by atoms with Gasteiger partial charge in [0.2, 0.25) is 0 Å². The van der Waals surface area contributed by atoms with Gasteiger partial charge in [0.05, 0.1) is 18.8 Å². The Morgan fingerprint density at radius 3 is 2.45 bits per heavy atom. The molecule has 1 aromatic heterocycles. The molecule has 3 unspecified atom stereocenters. The maximum absolute atomic E-state index is 10.4. The lowest BCUT2D eigenvalue weighted by Crippen LogP contribution is -2.26. The van der Waals surface area contributed by atoms with Crippen molar-refractivity contribution >= 4 is 11.8 Å². The molecule has 0 spiro atoms. The first-order valence-corrected chi connectivity index (χ1v) is 8.17. The molecule has 1 aromatic carbocycles. The van der Waals surface area contributed by atoms with E-state index in [1.807, 2.05) is 24.7 Å². The van der Waals surface area contributed by atoms with Crippen LogP contribution >= 0.6 is 11.8 Å². The maximum atomic E-state index is 10.4. The van der Waals surface area contributed by atoms with Crippen LogP contribution in [0.25, 0.3) is 0 Å². The molecule has 0 aliphatic heterocycles. The number of aliphatic hydroxyl groups excluding tert-OH is 3. The summed E-state index contributed by atoms with van der Waals surface area (Å²) in [6, 6.07) is 7.12. The molecule has 3 N–H and O–H groups in total. The number of thioether (sulfide) groups is 1. The quantitative estimate of drug-likeness (QED) is 0.677. The van der Waals surface area contributed by atoms with Gasteiger partial charge in [-0.2, -0.15) is 0 Å². The molecule has 0 amide bonds. The highest BCUT2D eigenvalue weighted by molar-refractivity contribution is 7.99. The third-order valence-electron chi connectivity index (χ3n) is 3.77. The second-order valence-electron chi connectivity index (χ2n) is 5.40. The fourth-order valence-electron chi connectivity index (χ4n) is 2.14. The van der Waals surface area contributed by atoms with Crippen molar-refractivity contribution in [3.8, 4) is 0 Å². The third kappa shape index (κ3) is 4.10. The second-order valence-corrected chi connectivity index (χ2v) is 6.39. The first-order chi connectivity index (χ1) is 10.5. The molecule has 0 aliphatic rings. The van der Waals surface area contributed by atoms with Gasteiger partial charge in [-0.1, -0.05) is 43.0 Å². The molecule has 3 atom stereocenters. The van der Waals surface area contributed by atoms with Gasteiger partial charge in [-0.15, -0.1) is 0 Å². The third-order valence-corrected chi connectivity index (χ3v) is 4.93. The van der Waals surface area contributed by atoms with Crippen LogP contribution in [0.2, 0.25) is 0 Å². The zero-order chi connectivity index (χ0) is 16.1. The molecule has 1 heterocycles. The number of aryl methyl sites for hydroxylation is 1. The molecule has 5 nitrogen and oxygen atoms in total. The van der Waals surface area contributed by atoms with Crippen molar-refractivity contribution in [2.75, 3.05) is 5.75 Å². The average Bonchev–Trinajstić information content (AvgIpc) is 2.96. The minimum atomic E-state index is -0.746. The number of nitrogens with zero attached hydrogens (tertiary/aromatic N) is 2. The van der Waals surface area contributed by atoms with Crippen molar-refractivity contribution in [1.82, 2.24) is 9.55 Å². The van der Waals surface area contributed by atoms with Gasteiger partial charge in [-0.05, 0) is 11.1 Å². The van der Waals surface area contributed by atoms with Crippen LogP contribution in [0.1, 0.15) is 24.2 Å². The largest absolute Gasteiger partial charge is 0.392 e. The van der Waals surface area contributed by atoms with E-state index in [0.29, 0.717) is 5.75 Å². The van der Waals surface area contributed by atoms with E-state index in [-0.39, 0.29) is 12.5 Å². The fraction of sp³-hybridized carbons (Fsp3) is 0.438. The lowest BCUT2D eigenvalue weighted by molar-refractivity contribution is 0.0330. The van der Waals surface area contributed by atoms with E-state index in [1.165, 1.54) is 11.8 Å². The van der Waals surface area contributed by atoms with Crippen LogP contribution < -0.4 is 0 Å². The minimum Gasteiger partial charge on any atom is -0.392 e. The average molecular weight is 322 g/mol. The molecule has 0 fully saturated rings. The van der Waals surface area contributed by atoms with Crippen LogP contribution in [-0.2, 0) is 13.7 Å². The van der Waals surface area contributed by atoms with Gasteiger partial charge in [-0.25, -0.2) is 4.98 Å². The maximum Gasteiger partial charge on any atom is 0.167 e. The van der Waals surface area contributed by atoms with Gasteiger partial charge in [0.15, 0.2) is 5.16 Å². The van der Waals surface area contributed by atoms with Crippen LogP contribution in [0.3, 0.4) is 0 Å². The molecule has 2 rings (SSSR count). The Labute approximate surface area is 134 Å². The first-order valence-electron chi connectivity index (χ1n) is 7.19. The van der Waals surface area contributed by atoms with Gasteiger partial charge in [0, 0.05) is 31.1 Å². The Balaban J connectivity index is 1.93.